The molecule has 0 aliphatic carbocycles. The van der Waals surface area contributed by atoms with Crippen LogP contribution < -0.4 is 0 Å². The summed E-state index contributed by atoms with van der Waals surface area (Å²) in [6.07, 6.45) is 14.1. The molecule has 6 heteroatoms. The number of rotatable bonds is 19. The first-order valence-corrected chi connectivity index (χ1v) is 15.1. The molecule has 0 saturated carbocycles. The number of nitrogens with zero attached hydrogens (tertiary/aromatic N) is 1. The summed E-state index contributed by atoms with van der Waals surface area (Å²) in [5.74, 6) is 2.36. The predicted octanol–water partition coefficient (Wildman–Crippen LogP) is 8.97. The largest absolute Gasteiger partial charge is 0.343 e. The quantitative estimate of drug-likeness (QED) is 0.139. The second-order valence-electron chi connectivity index (χ2n) is 8.85. The van der Waals surface area contributed by atoms with Crippen molar-refractivity contribution in [2.24, 2.45) is 11.8 Å². The van der Waals surface area contributed by atoms with Gasteiger partial charge in [0.15, 0.2) is 0 Å². The highest BCUT2D eigenvalue weighted by molar-refractivity contribution is 8.05. The van der Waals surface area contributed by atoms with Crippen LogP contribution in [0.2, 0.25) is 0 Å². The van der Waals surface area contributed by atoms with E-state index in [0.29, 0.717) is 30.6 Å². The fraction of sp³-hybridized carbons (Fsp3) is 0.607. The summed E-state index contributed by atoms with van der Waals surface area (Å²) < 4.78 is 23.3. The van der Waals surface area contributed by atoms with E-state index < -0.39 is 7.60 Å². The Morgan fingerprint density at radius 1 is 1.12 bits per heavy atom. The van der Waals surface area contributed by atoms with Gasteiger partial charge in [0.05, 0.1) is 6.07 Å². The molecule has 4 unspecified atom stereocenters. The Morgan fingerprint density at radius 3 is 2.41 bits per heavy atom. The predicted molar refractivity (Wildman–Crippen MR) is 147 cm³/mol. The van der Waals surface area contributed by atoms with Crippen molar-refractivity contribution in [3.63, 3.8) is 0 Å². The molecule has 0 fully saturated rings. The van der Waals surface area contributed by atoms with Crippen LogP contribution in [0.4, 0.5) is 0 Å². The lowest BCUT2D eigenvalue weighted by atomic mass is 9.81. The molecule has 0 saturated heterocycles. The van der Waals surface area contributed by atoms with Gasteiger partial charge in [0.1, 0.15) is 4.99 Å². The van der Waals surface area contributed by atoms with Gasteiger partial charge in [-0.3, -0.25) is 4.57 Å². The number of hydrogen-bond donors (Lipinski definition) is 0. The lowest BCUT2D eigenvalue weighted by Gasteiger charge is -2.26. The van der Waals surface area contributed by atoms with E-state index in [1.165, 1.54) is 19.8 Å². The Hall–Kier alpha value is -1.31. The monoisotopic (exact) mass is 505 g/mol. The van der Waals surface area contributed by atoms with Gasteiger partial charge < -0.3 is 9.05 Å². The van der Waals surface area contributed by atoms with Crippen LogP contribution in [0.5, 0.6) is 0 Å². The molecule has 4 atom stereocenters. The summed E-state index contributed by atoms with van der Waals surface area (Å²) in [6.45, 7) is 8.59. The zero-order chi connectivity index (χ0) is 25.2. The van der Waals surface area contributed by atoms with Crippen molar-refractivity contribution in [1.29, 1.82) is 5.26 Å². The van der Waals surface area contributed by atoms with Crippen LogP contribution in [0.1, 0.15) is 76.7 Å². The molecule has 34 heavy (non-hydrogen) atoms. The van der Waals surface area contributed by atoms with Gasteiger partial charge in [0.2, 0.25) is 0 Å². The summed E-state index contributed by atoms with van der Waals surface area (Å²) in [4.78, 5) is -0.305. The normalized spacial score (nSPS) is 15.5. The molecule has 190 valence electrons. The second-order valence-corrected chi connectivity index (χ2v) is 12.9. The zero-order valence-electron chi connectivity index (χ0n) is 21.5. The van der Waals surface area contributed by atoms with Gasteiger partial charge in [-0.15, -0.1) is 18.3 Å². The third kappa shape index (κ3) is 11.4. The first kappa shape index (κ1) is 30.7. The molecule has 0 aliphatic heterocycles. The Labute approximate surface area is 212 Å². The third-order valence-electron chi connectivity index (χ3n) is 6.27. The first-order chi connectivity index (χ1) is 16.4. The maximum absolute atomic E-state index is 12.9. The van der Waals surface area contributed by atoms with Gasteiger partial charge >= 0.3 is 7.60 Å². The average Bonchev–Trinajstić information content (AvgIpc) is 2.87. The topological polar surface area (TPSA) is 59.3 Å². The van der Waals surface area contributed by atoms with E-state index in [4.69, 9.17) is 14.3 Å². The van der Waals surface area contributed by atoms with Crippen molar-refractivity contribution in [3.8, 4) is 6.07 Å². The maximum Gasteiger partial charge on any atom is 0.343 e. The van der Waals surface area contributed by atoms with E-state index in [0.717, 1.165) is 44.3 Å². The van der Waals surface area contributed by atoms with Crippen LogP contribution in [-0.2, 0) is 13.6 Å². The van der Waals surface area contributed by atoms with E-state index in [-0.39, 0.29) is 4.99 Å². The van der Waals surface area contributed by atoms with Gasteiger partial charge in [-0.1, -0.05) is 62.4 Å². The van der Waals surface area contributed by atoms with Crippen LogP contribution in [-0.4, -0.2) is 25.0 Å². The summed E-state index contributed by atoms with van der Waals surface area (Å²) in [5.41, 5.74) is 1.40. The molecule has 0 amide bonds. The number of hydrogen-bond acceptors (Lipinski definition) is 5. The molecular formula is C28H44NO3PS. The van der Waals surface area contributed by atoms with Crippen LogP contribution >= 0.6 is 19.4 Å². The average molecular weight is 506 g/mol. The molecule has 0 spiro atoms. The lowest BCUT2D eigenvalue weighted by molar-refractivity contribution is 0.272. The number of allylic oxidation sites excluding steroid dienone is 3. The molecule has 0 aromatic heterocycles. The zero-order valence-corrected chi connectivity index (χ0v) is 23.2. The molecule has 0 radical (unpaired) electrons. The SMILES string of the molecule is C=CC(CC/C=C/CC)CC(CC(C)CCSC(CCC#N)P(=O)(OC)OC)c1ccccc1. The van der Waals surface area contributed by atoms with Crippen LogP contribution in [0, 0.1) is 23.2 Å². The Balaban J connectivity index is 2.76. The summed E-state index contributed by atoms with van der Waals surface area (Å²) in [5, 5.41) is 8.98. The molecule has 4 nitrogen and oxygen atoms in total. The fourth-order valence-electron chi connectivity index (χ4n) is 4.23. The van der Waals surface area contributed by atoms with Crippen molar-refractivity contribution in [1.82, 2.24) is 0 Å². The maximum atomic E-state index is 12.9. The first-order valence-electron chi connectivity index (χ1n) is 12.5. The van der Waals surface area contributed by atoms with Gasteiger partial charge in [-0.25, -0.2) is 0 Å². The minimum absolute atomic E-state index is 0.305. The fourth-order valence-corrected chi connectivity index (χ4v) is 7.95. The molecule has 0 bridgehead atoms. The van der Waals surface area contributed by atoms with Crippen molar-refractivity contribution in [3.05, 3.63) is 60.7 Å². The third-order valence-corrected chi connectivity index (χ3v) is 10.6. The molecular weight excluding hydrogens is 461 g/mol. The molecule has 1 aromatic rings. The summed E-state index contributed by atoms with van der Waals surface area (Å²) in [7, 11) is -0.356. The van der Waals surface area contributed by atoms with Crippen molar-refractivity contribution in [2.75, 3.05) is 20.0 Å². The van der Waals surface area contributed by atoms with Gasteiger partial charge in [-0.2, -0.15) is 5.26 Å². The van der Waals surface area contributed by atoms with Crippen molar-refractivity contribution < 1.29 is 13.6 Å². The molecule has 0 heterocycles. The Morgan fingerprint density at radius 2 is 1.82 bits per heavy atom. The van der Waals surface area contributed by atoms with Gasteiger partial charge in [-0.05, 0) is 74.0 Å². The van der Waals surface area contributed by atoms with E-state index in [2.05, 4.69) is 75.1 Å². The van der Waals surface area contributed by atoms with E-state index in [9.17, 15) is 4.57 Å². The summed E-state index contributed by atoms with van der Waals surface area (Å²) >= 11 is 1.61. The smallest absolute Gasteiger partial charge is 0.311 e. The molecule has 0 N–H and O–H groups in total. The van der Waals surface area contributed by atoms with Crippen molar-refractivity contribution in [2.45, 2.75) is 76.1 Å². The molecule has 0 aliphatic rings. The van der Waals surface area contributed by atoms with Crippen molar-refractivity contribution >= 4 is 19.4 Å². The second kappa shape index (κ2) is 18.0. The number of nitriles is 1. The van der Waals surface area contributed by atoms with Gasteiger partial charge in [0, 0.05) is 20.6 Å². The number of benzene rings is 1. The van der Waals surface area contributed by atoms with Gasteiger partial charge in [0.25, 0.3) is 0 Å². The standard InChI is InChI=1S/C28H44NO3PS/c1-6-8-9-11-15-25(7-2)23-27(26-16-12-10-13-17-26)22-24(3)19-21-34-28(18-14-20-29)33(30,31-4)32-5/h7-10,12-13,16-17,24-25,27-28H,2,6,11,14-15,18-19,21-23H2,1,3-5H3/b9-8+. The highest BCUT2D eigenvalue weighted by Gasteiger charge is 2.34. The van der Waals surface area contributed by atoms with E-state index >= 15 is 0 Å². The summed E-state index contributed by atoms with van der Waals surface area (Å²) in [6, 6.07) is 13.0. The molecule has 1 aromatic carbocycles. The lowest BCUT2D eigenvalue weighted by Crippen LogP contribution is -2.12. The van der Waals surface area contributed by atoms with Crippen LogP contribution in [0.3, 0.4) is 0 Å². The van der Waals surface area contributed by atoms with E-state index in [1.807, 2.05) is 0 Å². The number of thioether (sulfide) groups is 1. The Bertz CT molecular complexity index is 785. The van der Waals surface area contributed by atoms with Crippen LogP contribution in [0.15, 0.2) is 55.1 Å². The van der Waals surface area contributed by atoms with Crippen LogP contribution in [0.25, 0.3) is 0 Å². The van der Waals surface area contributed by atoms with E-state index in [1.54, 1.807) is 11.8 Å². The minimum Gasteiger partial charge on any atom is -0.311 e. The molecule has 1 rings (SSSR count). The highest BCUT2D eigenvalue weighted by atomic mass is 32.2. The highest BCUT2D eigenvalue weighted by Crippen LogP contribution is 2.57. The Kier molecular flexibility index (Phi) is 16.3. The minimum atomic E-state index is -3.20.